The molecule has 1 N–H and O–H groups in total. The summed E-state index contributed by atoms with van der Waals surface area (Å²) in [6, 6.07) is 14.1. The van der Waals surface area contributed by atoms with E-state index in [1.807, 2.05) is 38.2 Å². The molecule has 0 unspecified atom stereocenters. The molecule has 5 nitrogen and oxygen atoms in total. The number of carboxylic acid groups (broad SMARTS) is 1. The average Bonchev–Trinajstić information content (AvgIpc) is 3.16. The van der Waals surface area contributed by atoms with E-state index in [-0.39, 0.29) is 12.0 Å². The number of hydrogen-bond acceptors (Lipinski definition) is 5. The Morgan fingerprint density at radius 3 is 2.57 bits per heavy atom. The Kier molecular flexibility index (Phi) is 6.09. The largest absolute Gasteiger partial charge is 0.489 e. The lowest BCUT2D eigenvalue weighted by Crippen LogP contribution is -2.49. The van der Waals surface area contributed by atoms with E-state index in [2.05, 4.69) is 34.1 Å². The Balaban J connectivity index is 1.43. The quantitative estimate of drug-likeness (QED) is 0.528. The number of carbonyl (C=O) groups is 1. The van der Waals surface area contributed by atoms with Gasteiger partial charge >= 0.3 is 5.97 Å². The molecule has 0 aliphatic carbocycles. The van der Waals surface area contributed by atoms with Crippen LogP contribution in [0.3, 0.4) is 0 Å². The van der Waals surface area contributed by atoms with Gasteiger partial charge in [0.1, 0.15) is 10.8 Å². The monoisotopic (exact) mass is 442 g/mol. The van der Waals surface area contributed by atoms with Gasteiger partial charge in [0.05, 0.1) is 21.9 Å². The molecule has 0 atom stereocenters. The molecule has 3 aromatic rings. The highest BCUT2D eigenvalue weighted by molar-refractivity contribution is 7.18. The van der Waals surface area contributed by atoms with Crippen LogP contribution in [0.5, 0.6) is 5.75 Å². The Hall–Kier alpha value is -2.41. The predicted octanol–water partition coefficient (Wildman–Crippen LogP) is 5.43. The SMILES string of the molecule is CC(C)Oc1ccc(-c2cnc(-c3ccc(CN4CC(C(=O)O)C4)cc3)s2)cc1Cl. The Morgan fingerprint density at radius 1 is 1.23 bits per heavy atom. The number of aliphatic carboxylic acids is 1. The summed E-state index contributed by atoms with van der Waals surface area (Å²) < 4.78 is 5.70. The number of thiazole rings is 1. The van der Waals surface area contributed by atoms with E-state index in [4.69, 9.17) is 21.4 Å². The van der Waals surface area contributed by atoms with Gasteiger partial charge in [0, 0.05) is 31.4 Å². The Bertz CT molecular complexity index is 1040. The molecule has 1 aliphatic rings. The molecule has 1 saturated heterocycles. The number of likely N-dealkylation sites (tertiary alicyclic amines) is 1. The normalized spacial score (nSPS) is 14.7. The molecular formula is C23H23ClN2O3S. The van der Waals surface area contributed by atoms with E-state index in [1.54, 1.807) is 11.3 Å². The van der Waals surface area contributed by atoms with E-state index in [1.165, 1.54) is 5.56 Å². The summed E-state index contributed by atoms with van der Waals surface area (Å²) in [5.41, 5.74) is 3.25. The molecule has 2 aromatic carbocycles. The van der Waals surface area contributed by atoms with Crippen LogP contribution in [0.25, 0.3) is 21.0 Å². The molecule has 0 saturated carbocycles. The van der Waals surface area contributed by atoms with Gasteiger partial charge in [0.25, 0.3) is 0 Å². The number of rotatable bonds is 7. The molecule has 156 valence electrons. The third-order valence-electron chi connectivity index (χ3n) is 5.00. The summed E-state index contributed by atoms with van der Waals surface area (Å²) in [7, 11) is 0. The van der Waals surface area contributed by atoms with Crippen molar-refractivity contribution < 1.29 is 14.6 Å². The maximum Gasteiger partial charge on any atom is 0.309 e. The van der Waals surface area contributed by atoms with Crippen molar-refractivity contribution in [2.75, 3.05) is 13.1 Å². The van der Waals surface area contributed by atoms with Crippen LogP contribution in [0.15, 0.2) is 48.7 Å². The summed E-state index contributed by atoms with van der Waals surface area (Å²) >= 11 is 7.99. The number of halogens is 1. The first-order valence-corrected chi connectivity index (χ1v) is 11.1. The van der Waals surface area contributed by atoms with Gasteiger partial charge in [-0.2, -0.15) is 0 Å². The second kappa shape index (κ2) is 8.76. The molecule has 0 amide bonds. The number of nitrogens with zero attached hydrogens (tertiary/aromatic N) is 2. The lowest BCUT2D eigenvalue weighted by atomic mass is 9.99. The number of carboxylic acids is 1. The third-order valence-corrected chi connectivity index (χ3v) is 6.39. The van der Waals surface area contributed by atoms with Crippen molar-refractivity contribution in [1.82, 2.24) is 9.88 Å². The van der Waals surface area contributed by atoms with E-state index in [0.29, 0.717) is 23.9 Å². The van der Waals surface area contributed by atoms with Gasteiger partial charge in [-0.3, -0.25) is 9.69 Å². The Labute approximate surface area is 184 Å². The zero-order valence-corrected chi connectivity index (χ0v) is 18.4. The van der Waals surface area contributed by atoms with Crippen molar-refractivity contribution >= 4 is 28.9 Å². The minimum absolute atomic E-state index is 0.0750. The zero-order valence-electron chi connectivity index (χ0n) is 16.8. The van der Waals surface area contributed by atoms with Crippen LogP contribution in [0, 0.1) is 5.92 Å². The Morgan fingerprint density at radius 2 is 1.93 bits per heavy atom. The van der Waals surface area contributed by atoms with Gasteiger partial charge in [-0.25, -0.2) is 4.98 Å². The van der Waals surface area contributed by atoms with Crippen molar-refractivity contribution in [3.05, 3.63) is 59.2 Å². The molecule has 1 aromatic heterocycles. The highest BCUT2D eigenvalue weighted by atomic mass is 35.5. The van der Waals surface area contributed by atoms with Crippen LogP contribution in [0.4, 0.5) is 0 Å². The van der Waals surface area contributed by atoms with Crippen molar-refractivity contribution in [3.63, 3.8) is 0 Å². The van der Waals surface area contributed by atoms with Crippen molar-refractivity contribution in [3.8, 4) is 26.8 Å². The van der Waals surface area contributed by atoms with E-state index >= 15 is 0 Å². The van der Waals surface area contributed by atoms with Crippen LogP contribution in [0.1, 0.15) is 19.4 Å². The maximum absolute atomic E-state index is 10.9. The first-order chi connectivity index (χ1) is 14.4. The third kappa shape index (κ3) is 4.67. The van der Waals surface area contributed by atoms with E-state index in [0.717, 1.165) is 27.6 Å². The smallest absolute Gasteiger partial charge is 0.309 e. The lowest BCUT2D eigenvalue weighted by molar-refractivity contribution is -0.147. The van der Waals surface area contributed by atoms with Crippen LogP contribution < -0.4 is 4.74 Å². The van der Waals surface area contributed by atoms with Crippen molar-refractivity contribution in [2.24, 2.45) is 5.92 Å². The minimum Gasteiger partial charge on any atom is -0.489 e. The lowest BCUT2D eigenvalue weighted by Gasteiger charge is -2.36. The highest BCUT2D eigenvalue weighted by Crippen LogP contribution is 2.36. The summed E-state index contributed by atoms with van der Waals surface area (Å²) in [5, 5.41) is 10.5. The number of ether oxygens (including phenoxy) is 1. The standard InChI is InChI=1S/C23H23ClN2O3S/c1-14(2)29-20-8-7-17(9-19(20)24)21-10-25-22(30-21)16-5-3-15(4-6-16)11-26-12-18(13-26)23(27)28/h3-10,14,18H,11-13H2,1-2H3,(H,27,28). The van der Waals surface area contributed by atoms with Crippen molar-refractivity contribution in [1.29, 1.82) is 0 Å². The van der Waals surface area contributed by atoms with Crippen molar-refractivity contribution in [2.45, 2.75) is 26.5 Å². The topological polar surface area (TPSA) is 62.7 Å². The fraction of sp³-hybridized carbons (Fsp3) is 0.304. The predicted molar refractivity (Wildman–Crippen MR) is 120 cm³/mol. The highest BCUT2D eigenvalue weighted by Gasteiger charge is 2.32. The molecule has 4 rings (SSSR count). The summed E-state index contributed by atoms with van der Waals surface area (Å²) in [6.45, 7) is 5.96. The molecular weight excluding hydrogens is 420 g/mol. The second-order valence-corrected chi connectivity index (χ2v) is 9.21. The van der Waals surface area contributed by atoms with Gasteiger partial charge in [0.15, 0.2) is 0 Å². The van der Waals surface area contributed by atoms with Gasteiger partial charge in [-0.1, -0.05) is 35.9 Å². The van der Waals surface area contributed by atoms with Crippen LogP contribution >= 0.6 is 22.9 Å². The summed E-state index contributed by atoms with van der Waals surface area (Å²) in [4.78, 5) is 18.7. The van der Waals surface area contributed by atoms with E-state index in [9.17, 15) is 4.79 Å². The molecule has 0 bridgehead atoms. The first kappa shape index (κ1) is 20.8. The van der Waals surface area contributed by atoms with Crippen LogP contribution in [0.2, 0.25) is 5.02 Å². The van der Waals surface area contributed by atoms with Crippen LogP contribution in [-0.4, -0.2) is 40.2 Å². The number of benzene rings is 2. The molecule has 1 aliphatic heterocycles. The molecule has 1 fully saturated rings. The number of hydrogen-bond donors (Lipinski definition) is 1. The number of aromatic nitrogens is 1. The van der Waals surface area contributed by atoms with Crippen LogP contribution in [-0.2, 0) is 11.3 Å². The van der Waals surface area contributed by atoms with E-state index < -0.39 is 5.97 Å². The fourth-order valence-corrected chi connectivity index (χ4v) is 4.55. The first-order valence-electron chi connectivity index (χ1n) is 9.86. The summed E-state index contributed by atoms with van der Waals surface area (Å²) in [5.74, 6) is -0.241. The minimum atomic E-state index is -0.704. The molecule has 0 spiro atoms. The average molecular weight is 443 g/mol. The van der Waals surface area contributed by atoms with Gasteiger partial charge in [0.2, 0.25) is 0 Å². The second-order valence-electron chi connectivity index (χ2n) is 7.77. The summed E-state index contributed by atoms with van der Waals surface area (Å²) in [6.07, 6.45) is 1.94. The fourth-order valence-electron chi connectivity index (χ4n) is 3.41. The van der Waals surface area contributed by atoms with Gasteiger partial charge < -0.3 is 9.84 Å². The molecule has 7 heteroatoms. The van der Waals surface area contributed by atoms with Gasteiger partial charge in [-0.05, 0) is 43.2 Å². The molecule has 2 heterocycles. The zero-order chi connectivity index (χ0) is 21.3. The molecule has 0 radical (unpaired) electrons. The molecule has 30 heavy (non-hydrogen) atoms. The maximum atomic E-state index is 10.9. The van der Waals surface area contributed by atoms with Gasteiger partial charge in [-0.15, -0.1) is 11.3 Å².